The van der Waals surface area contributed by atoms with Crippen LogP contribution in [-0.4, -0.2) is 41.8 Å². The largest absolute Gasteiger partial charge is 0.392 e. The molecule has 7 nitrogen and oxygen atoms in total. The lowest BCUT2D eigenvalue weighted by atomic mass is 10.4. The van der Waals surface area contributed by atoms with E-state index in [1.807, 2.05) is 0 Å². The monoisotopic (exact) mass is 260 g/mol. The van der Waals surface area contributed by atoms with Gasteiger partial charge in [0.1, 0.15) is 0 Å². The number of thiocarbonyl (C=S) groups is 1. The molecule has 0 bridgehead atoms. The van der Waals surface area contributed by atoms with Crippen LogP contribution in [0.15, 0.2) is 0 Å². The number of hydrogen-bond acceptors (Lipinski definition) is 4. The molecule has 0 rings (SSSR count). The summed E-state index contributed by atoms with van der Waals surface area (Å²) in [5, 5.41) is 6.92. The highest BCUT2D eigenvalue weighted by atomic mass is 32.1. The third-order valence-corrected chi connectivity index (χ3v) is 1.63. The van der Waals surface area contributed by atoms with E-state index in [0.29, 0.717) is 0 Å². The van der Waals surface area contributed by atoms with Crippen molar-refractivity contribution >= 4 is 34.9 Å². The Balaban J connectivity index is 3.89. The van der Waals surface area contributed by atoms with Crippen LogP contribution in [0.1, 0.15) is 13.8 Å². The zero-order chi connectivity index (χ0) is 13.4. The van der Waals surface area contributed by atoms with Gasteiger partial charge >= 0.3 is 11.8 Å². The maximum atomic E-state index is 11.2. The Morgan fingerprint density at radius 1 is 1.12 bits per heavy atom. The summed E-state index contributed by atoms with van der Waals surface area (Å²) in [7, 11) is 0. The Morgan fingerprint density at radius 2 is 1.59 bits per heavy atom. The van der Waals surface area contributed by atoms with Crippen LogP contribution in [0.3, 0.4) is 0 Å². The smallest absolute Gasteiger partial charge is 0.309 e. The van der Waals surface area contributed by atoms with Crippen molar-refractivity contribution in [3.63, 3.8) is 0 Å². The molecule has 0 spiro atoms. The van der Waals surface area contributed by atoms with E-state index in [1.54, 1.807) is 13.8 Å². The van der Waals surface area contributed by atoms with E-state index in [-0.39, 0.29) is 30.0 Å². The fraction of sp³-hybridized carbons (Fsp3) is 0.556. The predicted octanol–water partition coefficient (Wildman–Crippen LogP) is -1.97. The lowest BCUT2D eigenvalue weighted by Gasteiger charge is -2.09. The van der Waals surface area contributed by atoms with Crippen molar-refractivity contribution in [3.05, 3.63) is 0 Å². The first-order valence-electron chi connectivity index (χ1n) is 4.96. The van der Waals surface area contributed by atoms with E-state index >= 15 is 0 Å². The third-order valence-electron chi connectivity index (χ3n) is 1.49. The minimum atomic E-state index is -0.903. The van der Waals surface area contributed by atoms with Crippen molar-refractivity contribution in [1.29, 1.82) is 0 Å². The zero-order valence-electron chi connectivity index (χ0n) is 9.70. The number of rotatable bonds is 5. The molecule has 0 unspecified atom stereocenters. The second-order valence-corrected chi connectivity index (χ2v) is 4.08. The topological polar surface area (TPSA) is 113 Å². The minimum absolute atomic E-state index is 0.0251. The van der Waals surface area contributed by atoms with Gasteiger partial charge in [0.15, 0.2) is 0 Å². The molecule has 8 heteroatoms. The lowest BCUT2D eigenvalue weighted by molar-refractivity contribution is -0.139. The number of carbonyl (C=O) groups excluding carboxylic acids is 3. The maximum absolute atomic E-state index is 11.2. The second kappa shape index (κ2) is 7.55. The Kier molecular flexibility index (Phi) is 6.80. The maximum Gasteiger partial charge on any atom is 0.309 e. The van der Waals surface area contributed by atoms with Gasteiger partial charge in [-0.15, -0.1) is 0 Å². The van der Waals surface area contributed by atoms with Gasteiger partial charge in [-0.25, -0.2) is 0 Å². The summed E-state index contributed by atoms with van der Waals surface area (Å²) in [4.78, 5) is 33.5. The van der Waals surface area contributed by atoms with E-state index in [1.165, 1.54) is 0 Å². The fourth-order valence-corrected chi connectivity index (χ4v) is 0.934. The molecule has 0 aromatic rings. The number of nitrogens with two attached hydrogens (primary N) is 1. The van der Waals surface area contributed by atoms with E-state index < -0.39 is 11.8 Å². The average molecular weight is 260 g/mol. The van der Waals surface area contributed by atoms with Gasteiger partial charge in [0, 0.05) is 6.04 Å². The van der Waals surface area contributed by atoms with Crippen molar-refractivity contribution in [2.75, 3.05) is 13.1 Å². The van der Waals surface area contributed by atoms with Crippen LogP contribution >= 0.6 is 12.2 Å². The van der Waals surface area contributed by atoms with Crippen LogP contribution in [-0.2, 0) is 14.4 Å². The normalized spacial score (nSPS) is 9.59. The quantitative estimate of drug-likeness (QED) is 0.338. The van der Waals surface area contributed by atoms with Gasteiger partial charge in [-0.3, -0.25) is 14.4 Å². The summed E-state index contributed by atoms with van der Waals surface area (Å²) in [5.74, 6) is -2.15. The molecule has 0 saturated heterocycles. The van der Waals surface area contributed by atoms with E-state index in [9.17, 15) is 14.4 Å². The SMILES string of the molecule is CC(C)NC(=O)CNC(=O)C(=O)NCC(N)=S. The fourth-order valence-electron chi connectivity index (χ4n) is 0.862. The molecule has 0 atom stereocenters. The molecule has 0 aliphatic carbocycles. The highest BCUT2D eigenvalue weighted by Crippen LogP contribution is 1.76. The van der Waals surface area contributed by atoms with Crippen molar-refractivity contribution in [2.45, 2.75) is 19.9 Å². The molecule has 0 aromatic heterocycles. The van der Waals surface area contributed by atoms with E-state index in [0.717, 1.165) is 0 Å². The number of amides is 3. The van der Waals surface area contributed by atoms with Gasteiger partial charge in [0.05, 0.1) is 18.1 Å². The molecule has 0 aliphatic heterocycles. The molecule has 3 amide bonds. The highest BCUT2D eigenvalue weighted by molar-refractivity contribution is 7.80. The van der Waals surface area contributed by atoms with Gasteiger partial charge < -0.3 is 21.7 Å². The van der Waals surface area contributed by atoms with Crippen molar-refractivity contribution in [3.8, 4) is 0 Å². The molecular weight excluding hydrogens is 244 g/mol. The van der Waals surface area contributed by atoms with Crippen LogP contribution in [0.2, 0.25) is 0 Å². The Labute approximate surface area is 104 Å². The molecule has 5 N–H and O–H groups in total. The van der Waals surface area contributed by atoms with E-state index in [2.05, 4.69) is 28.2 Å². The summed E-state index contributed by atoms with van der Waals surface area (Å²) in [6.45, 7) is 3.26. The number of carbonyl (C=O) groups is 3. The Morgan fingerprint density at radius 3 is 2.00 bits per heavy atom. The summed E-state index contributed by atoms with van der Waals surface area (Å²) < 4.78 is 0. The first kappa shape index (κ1) is 15.3. The van der Waals surface area contributed by atoms with Crippen LogP contribution < -0.4 is 21.7 Å². The molecule has 0 fully saturated rings. The Bertz CT molecular complexity index is 330. The molecule has 0 radical (unpaired) electrons. The molecule has 0 aromatic carbocycles. The van der Waals surface area contributed by atoms with Crippen LogP contribution in [0.5, 0.6) is 0 Å². The van der Waals surface area contributed by atoms with Gasteiger partial charge in [-0.2, -0.15) is 0 Å². The highest BCUT2D eigenvalue weighted by Gasteiger charge is 2.14. The summed E-state index contributed by atoms with van der Waals surface area (Å²) in [6.07, 6.45) is 0. The van der Waals surface area contributed by atoms with Crippen molar-refractivity contribution in [1.82, 2.24) is 16.0 Å². The van der Waals surface area contributed by atoms with Gasteiger partial charge in [-0.05, 0) is 13.8 Å². The average Bonchev–Trinajstić information content (AvgIpc) is 2.21. The van der Waals surface area contributed by atoms with Crippen LogP contribution in [0, 0.1) is 0 Å². The third kappa shape index (κ3) is 8.14. The van der Waals surface area contributed by atoms with Crippen molar-refractivity contribution < 1.29 is 14.4 Å². The Hall–Kier alpha value is -1.70. The predicted molar refractivity (Wildman–Crippen MR) is 66.1 cm³/mol. The molecule has 0 heterocycles. The molecule has 0 saturated carbocycles. The minimum Gasteiger partial charge on any atom is -0.392 e. The summed E-state index contributed by atoms with van der Waals surface area (Å²) >= 11 is 4.52. The van der Waals surface area contributed by atoms with Crippen LogP contribution in [0.25, 0.3) is 0 Å². The lowest BCUT2D eigenvalue weighted by Crippen LogP contribution is -2.46. The number of hydrogen-bond donors (Lipinski definition) is 4. The summed E-state index contributed by atoms with van der Waals surface area (Å²) in [6, 6.07) is -0.0251. The molecule has 17 heavy (non-hydrogen) atoms. The molecule has 0 aliphatic rings. The standard InChI is InChI=1S/C9H16N4O3S/c1-5(2)13-7(14)4-12-9(16)8(15)11-3-6(10)17/h5H,3-4H2,1-2H3,(H2,10,17)(H,11,15)(H,12,16)(H,13,14). The molecule has 96 valence electrons. The summed E-state index contributed by atoms with van der Waals surface area (Å²) in [5.41, 5.74) is 5.14. The zero-order valence-corrected chi connectivity index (χ0v) is 10.5. The number of nitrogens with one attached hydrogen (secondary N) is 3. The van der Waals surface area contributed by atoms with Gasteiger partial charge in [0.25, 0.3) is 0 Å². The van der Waals surface area contributed by atoms with Gasteiger partial charge in [-0.1, -0.05) is 12.2 Å². The second-order valence-electron chi connectivity index (χ2n) is 3.55. The van der Waals surface area contributed by atoms with Crippen molar-refractivity contribution in [2.24, 2.45) is 5.73 Å². The molecular formula is C9H16N4O3S. The first-order chi connectivity index (χ1) is 7.82. The van der Waals surface area contributed by atoms with Crippen LogP contribution in [0.4, 0.5) is 0 Å². The first-order valence-corrected chi connectivity index (χ1v) is 5.37. The van der Waals surface area contributed by atoms with Gasteiger partial charge in [0.2, 0.25) is 5.91 Å². The van der Waals surface area contributed by atoms with E-state index in [4.69, 9.17) is 5.73 Å².